The minimum Gasteiger partial charge on any atom is -0.539 e. The van der Waals surface area contributed by atoms with Crippen molar-refractivity contribution in [3.63, 3.8) is 0 Å². The second-order valence-corrected chi connectivity index (χ2v) is 6.89. The van der Waals surface area contributed by atoms with Gasteiger partial charge in [0.05, 0.1) is 21.9 Å². The van der Waals surface area contributed by atoms with Crippen molar-refractivity contribution in [3.05, 3.63) is 70.6 Å². The number of benzene rings is 2. The summed E-state index contributed by atoms with van der Waals surface area (Å²) in [6, 6.07) is 15.8. The number of aromatic nitrogens is 4. The molecule has 0 spiro atoms. The summed E-state index contributed by atoms with van der Waals surface area (Å²) in [6.45, 7) is 0. The maximum Gasteiger partial charge on any atom is 0.307 e. The number of Topliss-reactive ketones (excluding diaryl/α,β-unsaturated/α-hetero) is 1. The third-order valence-corrected chi connectivity index (χ3v) is 5.18. The van der Waals surface area contributed by atoms with Crippen LogP contribution in [-0.2, 0) is 7.05 Å². The molecule has 2 heterocycles. The van der Waals surface area contributed by atoms with Crippen LogP contribution in [0, 0.1) is 0 Å². The molecule has 0 unspecified atom stereocenters. The Kier molecular flexibility index (Phi) is 4.66. The van der Waals surface area contributed by atoms with Crippen molar-refractivity contribution in [2.45, 2.75) is 5.16 Å². The Bertz CT molecular complexity index is 1230. The van der Waals surface area contributed by atoms with Crippen LogP contribution >= 0.6 is 11.8 Å². The van der Waals surface area contributed by atoms with Crippen molar-refractivity contribution in [3.8, 4) is 11.6 Å². The molecule has 2 aromatic heterocycles. The molecule has 9 heteroatoms. The molecule has 0 bridgehead atoms. The van der Waals surface area contributed by atoms with Gasteiger partial charge in [-0.2, -0.15) is 0 Å². The average molecular weight is 394 g/mol. The van der Waals surface area contributed by atoms with Gasteiger partial charge in [-0.1, -0.05) is 42.1 Å². The van der Waals surface area contributed by atoms with Crippen molar-refractivity contribution in [2.24, 2.45) is 7.05 Å². The van der Waals surface area contributed by atoms with E-state index < -0.39 is 11.7 Å². The molecule has 2 aromatic carbocycles. The van der Waals surface area contributed by atoms with Crippen LogP contribution in [-0.4, -0.2) is 26.4 Å². The molecule has 0 radical (unpaired) electrons. The fraction of sp³-hybridized carbons (Fsp3) is 0.105. The van der Waals surface area contributed by atoms with E-state index >= 15 is 0 Å². The molecule has 4 rings (SSSR count). The van der Waals surface area contributed by atoms with Crippen LogP contribution in [0.15, 0.2) is 69.1 Å². The van der Waals surface area contributed by atoms with Gasteiger partial charge >= 0.3 is 5.69 Å². The van der Waals surface area contributed by atoms with Crippen LogP contribution < -0.4 is 15.3 Å². The van der Waals surface area contributed by atoms with Gasteiger partial charge in [-0.3, -0.25) is 14.2 Å². The van der Waals surface area contributed by atoms with Crippen LogP contribution in [0.3, 0.4) is 0 Å². The monoisotopic (exact) mass is 394 g/mol. The maximum atomic E-state index is 12.7. The van der Waals surface area contributed by atoms with Crippen molar-refractivity contribution in [2.75, 3.05) is 5.75 Å². The SMILES string of the molecule is Cn1c(SCC(=O)c2c([O-])on[n+]2-c2ccccc2)nc2ccccc2c1=O. The van der Waals surface area contributed by atoms with Gasteiger partial charge in [-0.05, 0) is 16.8 Å². The molecule has 0 saturated carbocycles. The molecule has 140 valence electrons. The van der Waals surface area contributed by atoms with E-state index in [0.29, 0.717) is 21.7 Å². The Balaban J connectivity index is 1.63. The number of carbonyl (C=O) groups is 1. The number of hydrogen-bond acceptors (Lipinski definition) is 7. The first-order valence-electron chi connectivity index (χ1n) is 8.32. The molecule has 28 heavy (non-hydrogen) atoms. The lowest BCUT2D eigenvalue weighted by Crippen LogP contribution is -2.39. The molecule has 0 N–H and O–H groups in total. The lowest BCUT2D eigenvalue weighted by atomic mass is 10.2. The summed E-state index contributed by atoms with van der Waals surface area (Å²) in [4.78, 5) is 29.6. The van der Waals surface area contributed by atoms with E-state index in [0.717, 1.165) is 11.8 Å². The van der Waals surface area contributed by atoms with Crippen LogP contribution in [0.25, 0.3) is 16.6 Å². The largest absolute Gasteiger partial charge is 0.539 e. The van der Waals surface area contributed by atoms with Crippen LogP contribution in [0.2, 0.25) is 0 Å². The first-order valence-corrected chi connectivity index (χ1v) is 9.31. The standard InChI is InChI=1S/C19H14N4O4S/c1-22-17(25)13-9-5-6-10-14(13)20-19(22)28-11-15(24)16-18(26)27-21-23(16)12-7-3-2-4-8-12/h2-10H,11H2,1H3. The van der Waals surface area contributed by atoms with Gasteiger partial charge in [0.2, 0.25) is 11.5 Å². The number of thioether (sulfide) groups is 1. The Labute approximate surface area is 163 Å². The van der Waals surface area contributed by atoms with E-state index in [1.54, 1.807) is 55.6 Å². The molecular formula is C19H14N4O4S. The van der Waals surface area contributed by atoms with E-state index in [1.165, 1.54) is 9.25 Å². The summed E-state index contributed by atoms with van der Waals surface area (Å²) < 4.78 is 7.25. The predicted octanol–water partition coefficient (Wildman–Crippen LogP) is 1.25. The van der Waals surface area contributed by atoms with Gasteiger partial charge in [-0.15, -0.1) is 0 Å². The lowest BCUT2D eigenvalue weighted by Gasteiger charge is -2.07. The lowest BCUT2D eigenvalue weighted by molar-refractivity contribution is -0.672. The van der Waals surface area contributed by atoms with Crippen molar-refractivity contribution >= 4 is 28.4 Å². The summed E-state index contributed by atoms with van der Waals surface area (Å²) in [5, 5.41) is 16.6. The average Bonchev–Trinajstić information content (AvgIpc) is 3.11. The van der Waals surface area contributed by atoms with E-state index in [-0.39, 0.29) is 17.0 Å². The summed E-state index contributed by atoms with van der Waals surface area (Å²) in [5.74, 6) is -1.38. The van der Waals surface area contributed by atoms with Gasteiger partial charge in [0.25, 0.3) is 5.56 Å². The molecule has 0 amide bonds. The number of para-hydroxylation sites is 2. The number of nitrogens with zero attached hydrogens (tertiary/aromatic N) is 4. The first kappa shape index (κ1) is 17.9. The highest BCUT2D eigenvalue weighted by Crippen LogP contribution is 2.20. The molecule has 0 atom stereocenters. The molecule has 4 aromatic rings. The molecule has 0 fully saturated rings. The highest BCUT2D eigenvalue weighted by molar-refractivity contribution is 7.99. The zero-order chi connectivity index (χ0) is 19.7. The van der Waals surface area contributed by atoms with Crippen LogP contribution in [0.1, 0.15) is 10.5 Å². The Morgan fingerprint density at radius 3 is 2.68 bits per heavy atom. The Morgan fingerprint density at radius 2 is 1.89 bits per heavy atom. The number of hydrogen-bond donors (Lipinski definition) is 0. The summed E-state index contributed by atoms with van der Waals surface area (Å²) >= 11 is 1.08. The topological polar surface area (TPSA) is 105 Å². The van der Waals surface area contributed by atoms with Crippen LogP contribution in [0.5, 0.6) is 5.95 Å². The molecule has 0 saturated heterocycles. The zero-order valence-electron chi connectivity index (χ0n) is 14.7. The van der Waals surface area contributed by atoms with E-state index in [9.17, 15) is 14.7 Å². The third kappa shape index (κ3) is 3.16. The number of fused-ring (bicyclic) bond motifs is 1. The maximum absolute atomic E-state index is 12.7. The zero-order valence-corrected chi connectivity index (χ0v) is 15.5. The summed E-state index contributed by atoms with van der Waals surface area (Å²) in [6.07, 6.45) is 0. The van der Waals surface area contributed by atoms with Gasteiger partial charge < -0.3 is 9.63 Å². The number of carbonyl (C=O) groups excluding carboxylic acids is 1. The highest BCUT2D eigenvalue weighted by Gasteiger charge is 2.27. The molecular weight excluding hydrogens is 380 g/mol. The normalized spacial score (nSPS) is 11.0. The van der Waals surface area contributed by atoms with Gasteiger partial charge in [0, 0.05) is 19.2 Å². The van der Waals surface area contributed by atoms with Gasteiger partial charge in [0.15, 0.2) is 11.1 Å². The second-order valence-electron chi connectivity index (χ2n) is 5.94. The molecule has 0 aliphatic rings. The quantitative estimate of drug-likeness (QED) is 0.217. The fourth-order valence-electron chi connectivity index (χ4n) is 2.75. The third-order valence-electron chi connectivity index (χ3n) is 4.15. The fourth-order valence-corrected chi connectivity index (χ4v) is 3.59. The second kappa shape index (κ2) is 7.28. The molecule has 0 aliphatic heterocycles. The van der Waals surface area contributed by atoms with Crippen molar-refractivity contribution in [1.29, 1.82) is 0 Å². The Morgan fingerprint density at radius 1 is 1.18 bits per heavy atom. The molecule has 0 aliphatic carbocycles. The van der Waals surface area contributed by atoms with Gasteiger partial charge in [0.1, 0.15) is 0 Å². The van der Waals surface area contributed by atoms with Crippen molar-refractivity contribution < 1.29 is 19.1 Å². The number of rotatable bonds is 5. The van der Waals surface area contributed by atoms with E-state index in [2.05, 4.69) is 14.8 Å². The minimum atomic E-state index is -0.810. The Hall–Kier alpha value is -3.46. The van der Waals surface area contributed by atoms with Gasteiger partial charge in [-0.25, -0.2) is 4.98 Å². The van der Waals surface area contributed by atoms with E-state index in [1.807, 2.05) is 6.07 Å². The van der Waals surface area contributed by atoms with Crippen LogP contribution in [0.4, 0.5) is 0 Å². The summed E-state index contributed by atoms with van der Waals surface area (Å²) in [5.41, 5.74) is 0.714. The van der Waals surface area contributed by atoms with Crippen molar-refractivity contribution in [1.82, 2.24) is 14.8 Å². The highest BCUT2D eigenvalue weighted by atomic mass is 32.2. The summed E-state index contributed by atoms with van der Waals surface area (Å²) in [7, 11) is 1.59. The number of ketones is 1. The first-order chi connectivity index (χ1) is 13.6. The molecule has 8 nitrogen and oxygen atoms in total. The minimum absolute atomic E-state index is 0.0953. The van der Waals surface area contributed by atoms with E-state index in [4.69, 9.17) is 0 Å². The predicted molar refractivity (Wildman–Crippen MR) is 99.5 cm³/mol. The smallest absolute Gasteiger partial charge is 0.307 e.